The van der Waals surface area contributed by atoms with Crippen LogP contribution in [0, 0.1) is 5.92 Å². The molecular formula is C73H104S2. The Labute approximate surface area is 469 Å². The van der Waals surface area contributed by atoms with Crippen LogP contribution in [0.3, 0.4) is 0 Å². The maximum atomic E-state index is 2.67. The van der Waals surface area contributed by atoms with Crippen LogP contribution in [0.15, 0.2) is 96.1 Å². The Morgan fingerprint density at radius 3 is 1.23 bits per heavy atom. The van der Waals surface area contributed by atoms with Crippen LogP contribution in [0.25, 0.3) is 47.3 Å². The Morgan fingerprint density at radius 1 is 0.440 bits per heavy atom. The van der Waals surface area contributed by atoms with Crippen LogP contribution in [0.5, 0.6) is 0 Å². The predicted molar refractivity (Wildman–Crippen MR) is 338 cm³/mol. The minimum absolute atomic E-state index is 0.0648. The van der Waals surface area contributed by atoms with Gasteiger partial charge in [-0.1, -0.05) is 271 Å². The fourth-order valence-corrected chi connectivity index (χ4v) is 15.3. The molecule has 2 heterocycles. The first-order valence-electron chi connectivity index (χ1n) is 31.4. The zero-order valence-electron chi connectivity index (χ0n) is 49.8. The monoisotopic (exact) mass is 1040 g/mol. The molecule has 0 spiro atoms. The summed E-state index contributed by atoms with van der Waals surface area (Å²) in [7, 11) is 0. The zero-order valence-corrected chi connectivity index (χ0v) is 51.4. The number of hydrogen-bond donors (Lipinski definition) is 0. The van der Waals surface area contributed by atoms with Crippen molar-refractivity contribution < 1.29 is 0 Å². The third-order valence-electron chi connectivity index (χ3n) is 18.2. The van der Waals surface area contributed by atoms with Crippen LogP contribution in [0.1, 0.15) is 284 Å². The Bertz CT molecular complexity index is 2580. The molecule has 7 rings (SSSR count). The van der Waals surface area contributed by atoms with Crippen molar-refractivity contribution in [1.82, 2.24) is 0 Å². The minimum atomic E-state index is 0.0648. The van der Waals surface area contributed by atoms with Gasteiger partial charge in [-0.25, -0.2) is 0 Å². The Hall–Kier alpha value is -3.46. The van der Waals surface area contributed by atoms with E-state index in [1.807, 2.05) is 22.7 Å². The largest absolute Gasteiger partial charge is 0.134 e. The lowest BCUT2D eigenvalue weighted by molar-refractivity contribution is 0.394. The van der Waals surface area contributed by atoms with E-state index in [9.17, 15) is 0 Å². The van der Waals surface area contributed by atoms with Crippen LogP contribution in [-0.2, 0) is 16.2 Å². The highest BCUT2D eigenvalue weighted by atomic mass is 32.1. The lowest BCUT2D eigenvalue weighted by Crippen LogP contribution is -2.27. The molecule has 75 heavy (non-hydrogen) atoms. The van der Waals surface area contributed by atoms with Gasteiger partial charge in [0.15, 0.2) is 0 Å². The van der Waals surface area contributed by atoms with E-state index in [2.05, 4.69) is 161 Å². The molecule has 2 aliphatic carbocycles. The molecule has 0 N–H and O–H groups in total. The molecule has 2 aliphatic rings. The average Bonchev–Trinajstić information content (AvgIpc) is 4.23. The number of thiophene rings is 2. The topological polar surface area (TPSA) is 0 Å². The molecule has 0 fully saturated rings. The van der Waals surface area contributed by atoms with Gasteiger partial charge in [-0.15, -0.1) is 22.7 Å². The zero-order chi connectivity index (χ0) is 53.4. The second kappa shape index (κ2) is 28.4. The van der Waals surface area contributed by atoms with E-state index in [4.69, 9.17) is 0 Å². The Kier molecular flexibility index (Phi) is 22.4. The van der Waals surface area contributed by atoms with Gasteiger partial charge < -0.3 is 0 Å². The van der Waals surface area contributed by atoms with Crippen LogP contribution >= 0.6 is 22.7 Å². The van der Waals surface area contributed by atoms with Crippen LogP contribution in [0.2, 0.25) is 0 Å². The second-order valence-corrected chi connectivity index (χ2v) is 27.3. The summed E-state index contributed by atoms with van der Waals surface area (Å²) in [5.74, 6) is 0.549. The Morgan fingerprint density at radius 2 is 0.800 bits per heavy atom. The van der Waals surface area contributed by atoms with Gasteiger partial charge in [-0.2, -0.15) is 0 Å². The van der Waals surface area contributed by atoms with Crippen LogP contribution in [0.4, 0.5) is 0 Å². The van der Waals surface area contributed by atoms with E-state index >= 15 is 0 Å². The number of rotatable bonds is 33. The molecule has 0 saturated heterocycles. The van der Waals surface area contributed by atoms with Gasteiger partial charge in [-0.05, 0) is 148 Å². The fraction of sp³-hybridized carbons (Fsp3) is 0.589. The van der Waals surface area contributed by atoms with Gasteiger partial charge in [0.25, 0.3) is 0 Å². The van der Waals surface area contributed by atoms with Gasteiger partial charge >= 0.3 is 0 Å². The van der Waals surface area contributed by atoms with E-state index in [0.29, 0.717) is 5.92 Å². The second-order valence-electron chi connectivity index (χ2n) is 25.2. The summed E-state index contributed by atoms with van der Waals surface area (Å²) >= 11 is 4.00. The van der Waals surface area contributed by atoms with Crippen molar-refractivity contribution in [2.75, 3.05) is 0 Å². The first-order chi connectivity index (χ1) is 36.3. The van der Waals surface area contributed by atoms with Gasteiger partial charge in [-0.3, -0.25) is 0 Å². The number of hydrogen-bond acceptors (Lipinski definition) is 2. The van der Waals surface area contributed by atoms with E-state index in [1.54, 1.807) is 22.3 Å². The summed E-state index contributed by atoms with van der Waals surface area (Å²) in [4.78, 5) is 5.57. The minimum Gasteiger partial charge on any atom is -0.134 e. The highest BCUT2D eigenvalue weighted by Crippen LogP contribution is 2.57. The molecular weight excluding hydrogens is 941 g/mol. The smallest absolute Gasteiger partial charge is 0.0449 e. The van der Waals surface area contributed by atoms with Gasteiger partial charge in [0.1, 0.15) is 0 Å². The summed E-state index contributed by atoms with van der Waals surface area (Å²) in [6, 6.07) is 32.6. The lowest BCUT2D eigenvalue weighted by atomic mass is 9.69. The van der Waals surface area contributed by atoms with Gasteiger partial charge in [0.05, 0.1) is 0 Å². The maximum Gasteiger partial charge on any atom is 0.0449 e. The molecule has 2 heteroatoms. The molecule has 0 aliphatic heterocycles. The average molecular weight is 1050 g/mol. The van der Waals surface area contributed by atoms with Crippen LogP contribution < -0.4 is 0 Å². The van der Waals surface area contributed by atoms with Crippen molar-refractivity contribution in [1.29, 1.82) is 0 Å². The summed E-state index contributed by atoms with van der Waals surface area (Å²) in [6.07, 6.45) is 40.0. The summed E-state index contributed by atoms with van der Waals surface area (Å²) < 4.78 is 0. The molecule has 0 bridgehead atoms. The molecule has 0 saturated carbocycles. The van der Waals surface area contributed by atoms with Crippen molar-refractivity contribution in [3.63, 3.8) is 0 Å². The summed E-state index contributed by atoms with van der Waals surface area (Å²) in [5, 5.41) is 0. The first-order valence-corrected chi connectivity index (χ1v) is 33.0. The van der Waals surface area contributed by atoms with E-state index in [1.165, 1.54) is 244 Å². The predicted octanol–water partition coefficient (Wildman–Crippen LogP) is 25.0. The first kappa shape index (κ1) is 59.2. The van der Waals surface area contributed by atoms with Crippen molar-refractivity contribution in [3.8, 4) is 41.8 Å². The fourth-order valence-electron chi connectivity index (χ4n) is 13.2. The number of allylic oxidation sites excluding steroid dienone is 4. The van der Waals surface area contributed by atoms with E-state index < -0.39 is 0 Å². The summed E-state index contributed by atoms with van der Waals surface area (Å²) in [5.41, 5.74) is 18.6. The molecule has 3 aromatic carbocycles. The van der Waals surface area contributed by atoms with E-state index in [0.717, 1.165) is 0 Å². The molecule has 2 aromatic heterocycles. The number of fused-ring (bicyclic) bond motifs is 4. The quantitative estimate of drug-likeness (QED) is 0.0367. The molecule has 5 aromatic rings. The van der Waals surface area contributed by atoms with Crippen molar-refractivity contribution in [2.45, 2.75) is 272 Å². The standard InChI is InChI=1S/C73H104S2/c1-12-16-20-24-28-32-46-72(47-33-29-25-21-17-13-2)63(50-55(7)54(5)6)56(8)60-39-36-57(51-64(60)72)67-42-44-69(74-67)70-45-43-68(75-70)58-37-40-61-62-41-38-59(71(9,10)11)53-66(62)73(65(61)52-58,48-34-30-26-22-18-14-3)49-35-31-27-23-19-15-4/h36-45,50-54H,12-35,46-49H2,1-11H3/b55-50+. The molecule has 0 amide bonds. The Balaban J connectivity index is 1.21. The van der Waals surface area contributed by atoms with Crippen molar-refractivity contribution in [2.24, 2.45) is 5.92 Å². The highest BCUT2D eigenvalue weighted by molar-refractivity contribution is 7.25. The molecule has 0 radical (unpaired) electrons. The molecule has 0 nitrogen and oxygen atoms in total. The third-order valence-corrected chi connectivity index (χ3v) is 20.7. The highest BCUT2D eigenvalue weighted by Gasteiger charge is 2.44. The molecule has 408 valence electrons. The summed E-state index contributed by atoms with van der Waals surface area (Å²) in [6.45, 7) is 26.2. The van der Waals surface area contributed by atoms with Crippen LogP contribution in [-0.4, -0.2) is 0 Å². The third kappa shape index (κ3) is 14.4. The number of benzene rings is 3. The molecule has 0 atom stereocenters. The van der Waals surface area contributed by atoms with Crippen molar-refractivity contribution >= 4 is 28.2 Å². The molecule has 0 unspecified atom stereocenters. The van der Waals surface area contributed by atoms with Gasteiger partial charge in [0, 0.05) is 30.3 Å². The number of unbranched alkanes of at least 4 members (excludes halogenated alkanes) is 20. The lowest BCUT2D eigenvalue weighted by Gasteiger charge is -2.35. The SMILES string of the molecule is CCCCCCCCC1(CCCCCCCC)C(/C=C(\C)C(C)C)=C(C)c2ccc(-c3ccc(-c4ccc(-c5ccc6c(c5)C(CCCCCCCC)(CCCCCCCC)c5cc(C(C)(C)C)ccc5-6)s4)s3)cc21. The van der Waals surface area contributed by atoms with Crippen molar-refractivity contribution in [3.05, 3.63) is 124 Å². The normalized spacial score (nSPS) is 14.9. The van der Waals surface area contributed by atoms with Gasteiger partial charge in [0.2, 0.25) is 0 Å². The van der Waals surface area contributed by atoms with E-state index in [-0.39, 0.29) is 16.2 Å². The maximum absolute atomic E-state index is 2.67.